The molecule has 1 aliphatic rings. The third-order valence-electron chi connectivity index (χ3n) is 4.19. The van der Waals surface area contributed by atoms with Gasteiger partial charge in [-0.2, -0.15) is 13.2 Å². The smallest absolute Gasteiger partial charge is 0.343 e. The van der Waals surface area contributed by atoms with Gasteiger partial charge in [-0.3, -0.25) is 0 Å². The molecule has 1 N–H and O–H groups in total. The standard InChI is InChI=1S/C16H20F3N3S.2ClH/c1-2-3-4-12-10-20-7-8-22(12)15-21-13-6-5-11(16(17,18)19)9-14(13)23-15;;/h5-6,9,12,20H,2-4,7-8,10H2,1H3;2*1H/t12-;;/m1../s1. The molecular formula is C16H22Cl2F3N3S. The highest BCUT2D eigenvalue weighted by Gasteiger charge is 2.31. The van der Waals surface area contributed by atoms with Gasteiger partial charge in [0.25, 0.3) is 0 Å². The van der Waals surface area contributed by atoms with E-state index in [0.717, 1.165) is 50.1 Å². The predicted octanol–water partition coefficient (Wildman–Crippen LogP) is 5.13. The van der Waals surface area contributed by atoms with E-state index in [2.05, 4.69) is 22.1 Å². The fraction of sp³-hybridized carbons (Fsp3) is 0.562. The number of thiazole rings is 1. The summed E-state index contributed by atoms with van der Waals surface area (Å²) in [4.78, 5) is 6.82. The van der Waals surface area contributed by atoms with Crippen LogP contribution in [0.25, 0.3) is 10.2 Å². The Morgan fingerprint density at radius 1 is 1.32 bits per heavy atom. The van der Waals surface area contributed by atoms with E-state index >= 15 is 0 Å². The number of halogens is 5. The normalized spacial score (nSPS) is 17.9. The molecular weight excluding hydrogens is 394 g/mol. The zero-order valence-corrected chi connectivity index (χ0v) is 16.3. The molecule has 0 aliphatic carbocycles. The summed E-state index contributed by atoms with van der Waals surface area (Å²) in [6.07, 6.45) is -0.949. The van der Waals surface area contributed by atoms with Crippen LogP contribution in [0.2, 0.25) is 0 Å². The van der Waals surface area contributed by atoms with Crippen LogP contribution in [0.4, 0.5) is 18.3 Å². The monoisotopic (exact) mass is 415 g/mol. The van der Waals surface area contributed by atoms with Crippen LogP contribution in [0.3, 0.4) is 0 Å². The van der Waals surface area contributed by atoms with Gasteiger partial charge in [-0.1, -0.05) is 31.1 Å². The molecule has 9 heteroatoms. The molecule has 1 atom stereocenters. The third-order valence-corrected chi connectivity index (χ3v) is 5.25. The zero-order valence-electron chi connectivity index (χ0n) is 13.8. The summed E-state index contributed by atoms with van der Waals surface area (Å²) in [5.74, 6) is 0. The molecule has 0 amide bonds. The first kappa shape index (κ1) is 22.3. The number of hydrogen-bond acceptors (Lipinski definition) is 4. The highest BCUT2D eigenvalue weighted by Crippen LogP contribution is 2.36. The van der Waals surface area contributed by atoms with Crippen molar-refractivity contribution in [3.05, 3.63) is 23.8 Å². The average molecular weight is 416 g/mol. The summed E-state index contributed by atoms with van der Waals surface area (Å²) in [5.41, 5.74) is 0.0359. The summed E-state index contributed by atoms with van der Waals surface area (Å²) in [5, 5.41) is 4.23. The number of hydrogen-bond donors (Lipinski definition) is 1. The Kier molecular flexibility index (Phi) is 8.25. The summed E-state index contributed by atoms with van der Waals surface area (Å²) < 4.78 is 39.1. The van der Waals surface area contributed by atoms with Crippen LogP contribution < -0.4 is 10.2 Å². The van der Waals surface area contributed by atoms with E-state index in [1.807, 2.05) is 0 Å². The van der Waals surface area contributed by atoms with Gasteiger partial charge in [-0.15, -0.1) is 24.8 Å². The number of piperazine rings is 1. The summed E-state index contributed by atoms with van der Waals surface area (Å²) >= 11 is 1.36. The first-order chi connectivity index (χ1) is 11.0. The average Bonchev–Trinajstić information content (AvgIpc) is 2.95. The quantitative estimate of drug-likeness (QED) is 0.750. The van der Waals surface area contributed by atoms with E-state index in [1.54, 1.807) is 0 Å². The van der Waals surface area contributed by atoms with Crippen molar-refractivity contribution >= 4 is 51.5 Å². The molecule has 2 aromatic rings. The molecule has 0 spiro atoms. The molecule has 1 aromatic carbocycles. The highest BCUT2D eigenvalue weighted by molar-refractivity contribution is 7.22. The number of nitrogens with one attached hydrogen (secondary N) is 1. The van der Waals surface area contributed by atoms with Crippen LogP contribution in [-0.4, -0.2) is 30.7 Å². The van der Waals surface area contributed by atoms with Crippen LogP contribution in [-0.2, 0) is 6.18 Å². The van der Waals surface area contributed by atoms with Gasteiger partial charge in [0.2, 0.25) is 0 Å². The van der Waals surface area contributed by atoms with Gasteiger partial charge in [0.05, 0.1) is 15.8 Å². The largest absolute Gasteiger partial charge is 0.416 e. The number of unbranched alkanes of at least 4 members (excludes halogenated alkanes) is 1. The van der Waals surface area contributed by atoms with Gasteiger partial charge in [-0.25, -0.2) is 4.98 Å². The van der Waals surface area contributed by atoms with Gasteiger partial charge in [-0.05, 0) is 24.6 Å². The Bertz CT molecular complexity index is 678. The van der Waals surface area contributed by atoms with Crippen LogP contribution in [0, 0.1) is 0 Å². The Labute approximate surface area is 161 Å². The second-order valence-corrected chi connectivity index (χ2v) is 6.88. The highest BCUT2D eigenvalue weighted by atomic mass is 35.5. The predicted molar refractivity (Wildman–Crippen MR) is 103 cm³/mol. The maximum absolute atomic E-state index is 12.8. The second kappa shape index (κ2) is 9.26. The van der Waals surface area contributed by atoms with Crippen LogP contribution in [0.15, 0.2) is 18.2 Å². The number of rotatable bonds is 4. The van der Waals surface area contributed by atoms with Crippen molar-refractivity contribution in [3.8, 4) is 0 Å². The lowest BCUT2D eigenvalue weighted by atomic mass is 10.1. The lowest BCUT2D eigenvalue weighted by Crippen LogP contribution is -2.51. The van der Waals surface area contributed by atoms with E-state index in [0.29, 0.717) is 16.3 Å². The molecule has 1 saturated heterocycles. The van der Waals surface area contributed by atoms with Gasteiger partial charge < -0.3 is 10.2 Å². The van der Waals surface area contributed by atoms with Crippen molar-refractivity contribution in [1.29, 1.82) is 0 Å². The van der Waals surface area contributed by atoms with Crippen LogP contribution >= 0.6 is 36.2 Å². The molecule has 3 rings (SSSR count). The van der Waals surface area contributed by atoms with Crippen LogP contribution in [0.1, 0.15) is 31.7 Å². The van der Waals surface area contributed by atoms with Crippen LogP contribution in [0.5, 0.6) is 0 Å². The summed E-state index contributed by atoms with van der Waals surface area (Å²) in [6.45, 7) is 4.80. The number of fused-ring (bicyclic) bond motifs is 1. The van der Waals surface area contributed by atoms with Gasteiger partial charge >= 0.3 is 6.18 Å². The molecule has 0 radical (unpaired) electrons. The van der Waals surface area contributed by atoms with Crippen molar-refractivity contribution in [2.24, 2.45) is 0 Å². The number of aromatic nitrogens is 1. The van der Waals surface area contributed by atoms with E-state index in [1.165, 1.54) is 23.5 Å². The van der Waals surface area contributed by atoms with Gasteiger partial charge in [0.15, 0.2) is 5.13 Å². The maximum Gasteiger partial charge on any atom is 0.416 e. The molecule has 3 nitrogen and oxygen atoms in total. The Hall–Kier alpha value is -0.760. The Morgan fingerprint density at radius 2 is 2.08 bits per heavy atom. The van der Waals surface area contributed by atoms with Crippen molar-refractivity contribution < 1.29 is 13.2 Å². The number of nitrogens with zero attached hydrogens (tertiary/aromatic N) is 2. The van der Waals surface area contributed by atoms with Gasteiger partial charge in [0, 0.05) is 25.7 Å². The van der Waals surface area contributed by atoms with Crippen molar-refractivity contribution in [3.63, 3.8) is 0 Å². The maximum atomic E-state index is 12.8. The minimum atomic E-state index is -4.31. The summed E-state index contributed by atoms with van der Waals surface area (Å²) in [6, 6.07) is 4.16. The fourth-order valence-electron chi connectivity index (χ4n) is 2.92. The topological polar surface area (TPSA) is 28.2 Å². The second-order valence-electron chi connectivity index (χ2n) is 5.87. The first-order valence-corrected chi connectivity index (χ1v) is 8.76. The molecule has 1 aliphatic heterocycles. The molecule has 0 unspecified atom stereocenters. The Morgan fingerprint density at radius 3 is 2.76 bits per heavy atom. The van der Waals surface area contributed by atoms with Crippen molar-refractivity contribution in [2.75, 3.05) is 24.5 Å². The third kappa shape index (κ3) is 5.12. The Balaban J connectivity index is 0.00000156. The van der Waals surface area contributed by atoms with E-state index in [9.17, 15) is 13.2 Å². The van der Waals surface area contributed by atoms with Gasteiger partial charge in [0.1, 0.15) is 0 Å². The molecule has 0 saturated carbocycles. The lowest BCUT2D eigenvalue weighted by molar-refractivity contribution is -0.137. The first-order valence-electron chi connectivity index (χ1n) is 7.94. The molecule has 2 heterocycles. The lowest BCUT2D eigenvalue weighted by Gasteiger charge is -2.36. The van der Waals surface area contributed by atoms with E-state index in [-0.39, 0.29) is 24.8 Å². The molecule has 25 heavy (non-hydrogen) atoms. The zero-order chi connectivity index (χ0) is 16.4. The minimum Gasteiger partial charge on any atom is -0.343 e. The molecule has 142 valence electrons. The van der Waals surface area contributed by atoms with Crippen molar-refractivity contribution in [2.45, 2.75) is 38.4 Å². The minimum absolute atomic E-state index is 0. The molecule has 1 fully saturated rings. The number of benzene rings is 1. The number of alkyl halides is 3. The van der Waals surface area contributed by atoms with E-state index in [4.69, 9.17) is 0 Å². The molecule has 0 bridgehead atoms. The van der Waals surface area contributed by atoms with Crippen molar-refractivity contribution in [1.82, 2.24) is 10.3 Å². The SMILES string of the molecule is CCCC[C@@H]1CNCCN1c1nc2ccc(C(F)(F)F)cc2s1.Cl.Cl. The molecule has 1 aromatic heterocycles. The van der Waals surface area contributed by atoms with E-state index < -0.39 is 11.7 Å². The summed E-state index contributed by atoms with van der Waals surface area (Å²) in [7, 11) is 0. The number of anilines is 1. The fourth-order valence-corrected chi connectivity index (χ4v) is 4.02.